The molecule has 6 heteroatoms. The predicted octanol–water partition coefficient (Wildman–Crippen LogP) is 2.12. The Labute approximate surface area is 118 Å². The van der Waals surface area contributed by atoms with E-state index < -0.39 is 11.7 Å². The van der Waals surface area contributed by atoms with Crippen molar-refractivity contribution in [3.05, 3.63) is 23.8 Å². The highest BCUT2D eigenvalue weighted by molar-refractivity contribution is 5.86. The third-order valence-corrected chi connectivity index (χ3v) is 2.53. The summed E-state index contributed by atoms with van der Waals surface area (Å²) in [6, 6.07) is 4.34. The van der Waals surface area contributed by atoms with Crippen molar-refractivity contribution in [1.82, 2.24) is 0 Å². The molecule has 0 aromatic heterocycles. The number of benzene rings is 1. The van der Waals surface area contributed by atoms with E-state index in [4.69, 9.17) is 15.6 Å². The van der Waals surface area contributed by atoms with Gasteiger partial charge in [-0.05, 0) is 44.9 Å². The highest BCUT2D eigenvalue weighted by Gasteiger charge is 2.17. The van der Waals surface area contributed by atoms with Crippen molar-refractivity contribution in [3.8, 4) is 5.75 Å². The molecule has 112 valence electrons. The minimum atomic E-state index is -0.639. The van der Waals surface area contributed by atoms with Gasteiger partial charge < -0.3 is 20.7 Å². The van der Waals surface area contributed by atoms with Gasteiger partial charge in [0.25, 0.3) is 0 Å². The molecule has 0 bridgehead atoms. The van der Waals surface area contributed by atoms with E-state index in [0.29, 0.717) is 12.0 Å². The number of rotatable bonds is 4. The van der Waals surface area contributed by atoms with Crippen LogP contribution >= 0.6 is 0 Å². The first kappa shape index (κ1) is 16.3. The summed E-state index contributed by atoms with van der Waals surface area (Å²) in [7, 11) is 0. The van der Waals surface area contributed by atoms with Crippen LogP contribution in [0.25, 0.3) is 0 Å². The van der Waals surface area contributed by atoms with Crippen molar-refractivity contribution in [2.75, 3.05) is 11.9 Å². The van der Waals surface area contributed by atoms with Gasteiger partial charge in [0.1, 0.15) is 11.4 Å². The lowest BCUT2D eigenvalue weighted by atomic mass is 10.0. The van der Waals surface area contributed by atoms with Crippen LogP contribution in [-0.4, -0.2) is 28.5 Å². The molecule has 1 amide bonds. The van der Waals surface area contributed by atoms with Gasteiger partial charge in [0.05, 0.1) is 5.69 Å². The van der Waals surface area contributed by atoms with E-state index in [1.54, 1.807) is 32.9 Å². The van der Waals surface area contributed by atoms with Gasteiger partial charge in [-0.15, -0.1) is 0 Å². The molecule has 0 aliphatic heterocycles. The number of amides is 1. The molecule has 0 fully saturated rings. The Morgan fingerprint density at radius 1 is 1.45 bits per heavy atom. The van der Waals surface area contributed by atoms with Crippen LogP contribution in [0.4, 0.5) is 10.5 Å². The number of nitrogens with one attached hydrogen (secondary N) is 1. The van der Waals surface area contributed by atoms with Crippen molar-refractivity contribution < 1.29 is 19.7 Å². The molecule has 1 rings (SSSR count). The zero-order valence-electron chi connectivity index (χ0n) is 12.0. The zero-order valence-corrected chi connectivity index (χ0v) is 12.0. The van der Waals surface area contributed by atoms with Crippen molar-refractivity contribution in [1.29, 1.82) is 0 Å². The summed E-state index contributed by atoms with van der Waals surface area (Å²) in [6.45, 7) is 5.23. The monoisotopic (exact) mass is 282 g/mol. The SMILES string of the molecule is CC(C)(C)OC(=O)Nc1ccc(C(N)CCO)cc1O. The Balaban J connectivity index is 2.76. The van der Waals surface area contributed by atoms with Crippen LogP contribution in [0.2, 0.25) is 0 Å². The molecule has 5 N–H and O–H groups in total. The minimum Gasteiger partial charge on any atom is -0.506 e. The molecule has 0 aliphatic rings. The zero-order chi connectivity index (χ0) is 15.3. The molecule has 0 saturated heterocycles. The smallest absolute Gasteiger partial charge is 0.412 e. The third kappa shape index (κ3) is 5.07. The maximum Gasteiger partial charge on any atom is 0.412 e. The molecule has 0 aliphatic carbocycles. The van der Waals surface area contributed by atoms with Gasteiger partial charge in [-0.1, -0.05) is 6.07 Å². The highest BCUT2D eigenvalue weighted by Crippen LogP contribution is 2.27. The van der Waals surface area contributed by atoms with Crippen molar-refractivity contribution >= 4 is 11.8 Å². The quantitative estimate of drug-likeness (QED) is 0.633. The normalized spacial score (nSPS) is 12.8. The minimum absolute atomic E-state index is 0.0279. The van der Waals surface area contributed by atoms with Crippen molar-refractivity contribution in [2.24, 2.45) is 5.73 Å². The standard InChI is InChI=1S/C14H22N2O4/c1-14(2,3)20-13(19)16-11-5-4-9(8-12(11)18)10(15)6-7-17/h4-5,8,10,17-18H,6-7,15H2,1-3H3,(H,16,19). The average molecular weight is 282 g/mol. The first-order valence-electron chi connectivity index (χ1n) is 6.42. The number of aromatic hydroxyl groups is 1. The van der Waals surface area contributed by atoms with Gasteiger partial charge in [-0.25, -0.2) is 4.79 Å². The van der Waals surface area contributed by atoms with E-state index >= 15 is 0 Å². The predicted molar refractivity (Wildman–Crippen MR) is 76.6 cm³/mol. The molecule has 1 aromatic carbocycles. The fourth-order valence-electron chi connectivity index (χ4n) is 1.60. The molecular weight excluding hydrogens is 260 g/mol. The van der Waals surface area contributed by atoms with E-state index in [0.717, 1.165) is 0 Å². The van der Waals surface area contributed by atoms with Crippen LogP contribution in [0.3, 0.4) is 0 Å². The van der Waals surface area contributed by atoms with Gasteiger partial charge in [-0.2, -0.15) is 0 Å². The van der Waals surface area contributed by atoms with Crippen LogP contribution in [0.5, 0.6) is 5.75 Å². The number of phenols is 1. The molecular formula is C14H22N2O4. The summed E-state index contributed by atoms with van der Waals surface area (Å²) in [4.78, 5) is 11.6. The Bertz CT molecular complexity index is 469. The molecule has 0 spiro atoms. The van der Waals surface area contributed by atoms with Crippen LogP contribution in [-0.2, 0) is 4.74 Å². The van der Waals surface area contributed by atoms with Gasteiger partial charge >= 0.3 is 6.09 Å². The number of aliphatic hydroxyl groups is 1. The molecule has 6 nitrogen and oxygen atoms in total. The molecule has 0 saturated carbocycles. The largest absolute Gasteiger partial charge is 0.506 e. The number of anilines is 1. The van der Waals surface area contributed by atoms with Crippen molar-refractivity contribution in [3.63, 3.8) is 0 Å². The summed E-state index contributed by atoms with van der Waals surface area (Å²) in [5.74, 6) is -0.0956. The Morgan fingerprint density at radius 3 is 2.60 bits per heavy atom. The van der Waals surface area contributed by atoms with Crippen LogP contribution in [0.15, 0.2) is 18.2 Å². The number of phenolic OH excluding ortho intramolecular Hbond substituents is 1. The number of carbonyl (C=O) groups excluding carboxylic acids is 1. The Kier molecular flexibility index (Phi) is 5.35. The van der Waals surface area contributed by atoms with Crippen LogP contribution < -0.4 is 11.1 Å². The molecule has 1 unspecified atom stereocenters. The number of carbonyl (C=O) groups is 1. The number of hydrogen-bond donors (Lipinski definition) is 4. The van der Waals surface area contributed by atoms with Gasteiger partial charge in [0.2, 0.25) is 0 Å². The van der Waals surface area contributed by atoms with Crippen molar-refractivity contribution in [2.45, 2.75) is 38.8 Å². The van der Waals surface area contributed by atoms with E-state index in [9.17, 15) is 9.90 Å². The maximum atomic E-state index is 11.6. The summed E-state index contributed by atoms with van der Waals surface area (Å²) in [5, 5.41) is 21.2. The number of aliphatic hydroxyl groups excluding tert-OH is 1. The lowest BCUT2D eigenvalue weighted by Crippen LogP contribution is -2.27. The number of ether oxygens (including phenoxy) is 1. The number of hydrogen-bond acceptors (Lipinski definition) is 5. The Morgan fingerprint density at radius 2 is 2.10 bits per heavy atom. The first-order chi connectivity index (χ1) is 9.23. The lowest BCUT2D eigenvalue weighted by molar-refractivity contribution is 0.0635. The topological polar surface area (TPSA) is 105 Å². The maximum absolute atomic E-state index is 11.6. The van der Waals surface area contributed by atoms with E-state index in [1.807, 2.05) is 0 Å². The fraction of sp³-hybridized carbons (Fsp3) is 0.500. The number of nitrogens with two attached hydrogens (primary N) is 1. The summed E-state index contributed by atoms with van der Waals surface area (Å²) in [6.07, 6.45) is -0.238. The highest BCUT2D eigenvalue weighted by atomic mass is 16.6. The fourth-order valence-corrected chi connectivity index (χ4v) is 1.60. The third-order valence-electron chi connectivity index (χ3n) is 2.53. The van der Waals surface area contributed by atoms with E-state index in [-0.39, 0.29) is 24.1 Å². The van der Waals surface area contributed by atoms with E-state index in [1.165, 1.54) is 6.07 Å². The molecule has 20 heavy (non-hydrogen) atoms. The second kappa shape index (κ2) is 6.58. The molecule has 0 radical (unpaired) electrons. The lowest BCUT2D eigenvalue weighted by Gasteiger charge is -2.20. The molecule has 0 heterocycles. The van der Waals surface area contributed by atoms with Gasteiger partial charge in [-0.3, -0.25) is 5.32 Å². The van der Waals surface area contributed by atoms with Crippen LogP contribution in [0, 0.1) is 0 Å². The van der Waals surface area contributed by atoms with Gasteiger partial charge in [0, 0.05) is 12.6 Å². The Hall–Kier alpha value is -1.79. The molecule has 1 aromatic rings. The second-order valence-corrected chi connectivity index (χ2v) is 5.52. The average Bonchev–Trinajstić information content (AvgIpc) is 2.29. The second-order valence-electron chi connectivity index (χ2n) is 5.52. The summed E-state index contributed by atoms with van der Waals surface area (Å²) >= 11 is 0. The van der Waals surface area contributed by atoms with Crippen LogP contribution in [0.1, 0.15) is 38.8 Å². The van der Waals surface area contributed by atoms with Gasteiger partial charge in [0.15, 0.2) is 0 Å². The van der Waals surface area contributed by atoms with E-state index in [2.05, 4.69) is 5.32 Å². The molecule has 1 atom stereocenters. The first-order valence-corrected chi connectivity index (χ1v) is 6.42. The summed E-state index contributed by atoms with van der Waals surface area (Å²) < 4.78 is 5.09. The summed E-state index contributed by atoms with van der Waals surface area (Å²) in [5.41, 5.74) is 6.15.